The second-order valence-electron chi connectivity index (χ2n) is 6.20. The van der Waals surface area contributed by atoms with E-state index >= 15 is 0 Å². The van der Waals surface area contributed by atoms with E-state index in [1.165, 1.54) is 6.07 Å². The number of halogens is 1. The zero-order chi connectivity index (χ0) is 16.0. The van der Waals surface area contributed by atoms with Gasteiger partial charge in [-0.25, -0.2) is 9.37 Å². The van der Waals surface area contributed by atoms with Gasteiger partial charge in [-0.1, -0.05) is 13.0 Å². The lowest BCUT2D eigenvalue weighted by molar-refractivity contribution is -0.120. The molecule has 1 aliphatic carbocycles. The molecular formula is C18H15FN2O2. The molecule has 0 atom stereocenters. The number of anilines is 1. The van der Waals surface area contributed by atoms with Gasteiger partial charge >= 0.3 is 0 Å². The summed E-state index contributed by atoms with van der Waals surface area (Å²) in [5.74, 6) is -0.0193. The van der Waals surface area contributed by atoms with Gasteiger partial charge in [0.2, 0.25) is 11.8 Å². The Morgan fingerprint density at radius 1 is 1.22 bits per heavy atom. The predicted octanol–water partition coefficient (Wildman–Crippen LogP) is 4.37. The highest BCUT2D eigenvalue weighted by atomic mass is 19.1. The fraction of sp³-hybridized carbons (Fsp3) is 0.222. The van der Waals surface area contributed by atoms with Crippen LogP contribution in [0.2, 0.25) is 0 Å². The Balaban J connectivity index is 1.59. The van der Waals surface area contributed by atoms with Crippen LogP contribution in [0.1, 0.15) is 19.8 Å². The monoisotopic (exact) mass is 310 g/mol. The van der Waals surface area contributed by atoms with Crippen molar-refractivity contribution < 1.29 is 13.6 Å². The first-order chi connectivity index (χ1) is 11.0. The van der Waals surface area contributed by atoms with Crippen LogP contribution < -0.4 is 5.32 Å². The summed E-state index contributed by atoms with van der Waals surface area (Å²) in [6.45, 7) is 1.96. The van der Waals surface area contributed by atoms with E-state index in [9.17, 15) is 9.18 Å². The van der Waals surface area contributed by atoms with Crippen molar-refractivity contribution in [2.24, 2.45) is 5.41 Å². The number of aromatic nitrogens is 1. The van der Waals surface area contributed by atoms with E-state index in [-0.39, 0.29) is 16.9 Å². The summed E-state index contributed by atoms with van der Waals surface area (Å²) in [5.41, 5.74) is 1.89. The minimum Gasteiger partial charge on any atom is -0.433 e. The molecule has 0 unspecified atom stereocenters. The van der Waals surface area contributed by atoms with E-state index in [4.69, 9.17) is 4.42 Å². The van der Waals surface area contributed by atoms with Crippen LogP contribution in [-0.2, 0) is 4.79 Å². The van der Waals surface area contributed by atoms with E-state index in [0.29, 0.717) is 11.4 Å². The van der Waals surface area contributed by atoms with Gasteiger partial charge in [0, 0.05) is 16.7 Å². The van der Waals surface area contributed by atoms with Crippen molar-refractivity contribution in [3.05, 3.63) is 48.3 Å². The van der Waals surface area contributed by atoms with Gasteiger partial charge in [0.25, 0.3) is 0 Å². The lowest BCUT2D eigenvalue weighted by Crippen LogP contribution is -2.21. The Morgan fingerprint density at radius 3 is 2.61 bits per heavy atom. The maximum atomic E-state index is 13.7. The van der Waals surface area contributed by atoms with Crippen molar-refractivity contribution in [3.63, 3.8) is 0 Å². The molecule has 3 aromatic rings. The van der Waals surface area contributed by atoms with Crippen LogP contribution in [-0.4, -0.2) is 10.9 Å². The fourth-order valence-electron chi connectivity index (χ4n) is 2.43. The smallest absolute Gasteiger partial charge is 0.230 e. The second-order valence-corrected chi connectivity index (χ2v) is 6.20. The van der Waals surface area contributed by atoms with Gasteiger partial charge in [-0.05, 0) is 49.2 Å². The molecule has 0 radical (unpaired) electrons. The Morgan fingerprint density at radius 2 is 1.96 bits per heavy atom. The van der Waals surface area contributed by atoms with E-state index < -0.39 is 5.82 Å². The number of amides is 1. The van der Waals surface area contributed by atoms with Crippen molar-refractivity contribution in [2.75, 3.05) is 5.32 Å². The summed E-state index contributed by atoms with van der Waals surface area (Å²) < 4.78 is 19.2. The fourth-order valence-corrected chi connectivity index (χ4v) is 2.43. The summed E-state index contributed by atoms with van der Waals surface area (Å²) in [5, 5.41) is 2.91. The lowest BCUT2D eigenvalue weighted by atomic mass is 10.1. The number of oxazole rings is 1. The largest absolute Gasteiger partial charge is 0.433 e. The van der Waals surface area contributed by atoms with E-state index in [2.05, 4.69) is 10.3 Å². The zero-order valence-corrected chi connectivity index (χ0v) is 12.6. The highest BCUT2D eigenvalue weighted by Gasteiger charge is 2.44. The maximum absolute atomic E-state index is 13.7. The van der Waals surface area contributed by atoms with Gasteiger partial charge < -0.3 is 9.73 Å². The topological polar surface area (TPSA) is 55.1 Å². The molecule has 23 heavy (non-hydrogen) atoms. The average molecular weight is 310 g/mol. The number of carbonyl (C=O) groups is 1. The first-order valence-corrected chi connectivity index (χ1v) is 7.52. The molecule has 5 heteroatoms. The van der Waals surface area contributed by atoms with E-state index in [0.717, 1.165) is 24.1 Å². The minimum atomic E-state index is -0.428. The van der Waals surface area contributed by atoms with Crippen molar-refractivity contribution in [2.45, 2.75) is 19.8 Å². The highest BCUT2D eigenvalue weighted by molar-refractivity contribution is 5.97. The second kappa shape index (κ2) is 4.91. The number of hydrogen-bond donors (Lipinski definition) is 1. The molecule has 1 fully saturated rings. The van der Waals surface area contributed by atoms with Gasteiger partial charge in [-0.3, -0.25) is 4.79 Å². The molecular weight excluding hydrogens is 295 g/mol. The van der Waals surface area contributed by atoms with Crippen LogP contribution >= 0.6 is 0 Å². The normalized spacial score (nSPS) is 15.6. The number of nitrogens with one attached hydrogen (secondary N) is 1. The molecule has 0 spiro atoms. The predicted molar refractivity (Wildman–Crippen MR) is 85.4 cm³/mol. The molecule has 4 rings (SSSR count). The number of nitrogens with zero attached hydrogens (tertiary/aromatic N) is 1. The molecule has 2 aromatic carbocycles. The summed E-state index contributed by atoms with van der Waals surface area (Å²) in [6.07, 6.45) is 1.87. The maximum Gasteiger partial charge on any atom is 0.230 e. The van der Waals surface area contributed by atoms with Crippen LogP contribution in [0.15, 0.2) is 46.9 Å². The molecule has 1 saturated carbocycles. The third kappa shape index (κ3) is 2.48. The SMILES string of the molecule is CC1(C(=O)Nc2ccc(-c3nc4cccc(F)c4o3)cc2)CC1. The summed E-state index contributed by atoms with van der Waals surface area (Å²) in [7, 11) is 0. The van der Waals surface area contributed by atoms with Crippen molar-refractivity contribution in [1.29, 1.82) is 0 Å². The van der Waals surface area contributed by atoms with Gasteiger partial charge in [-0.15, -0.1) is 0 Å². The molecule has 116 valence electrons. The van der Waals surface area contributed by atoms with Crippen molar-refractivity contribution >= 4 is 22.7 Å². The molecule has 0 aliphatic heterocycles. The van der Waals surface area contributed by atoms with Gasteiger partial charge in [0.1, 0.15) is 5.52 Å². The Hall–Kier alpha value is -2.69. The minimum absolute atomic E-state index is 0.0502. The van der Waals surface area contributed by atoms with E-state index in [1.807, 2.05) is 6.92 Å². The lowest BCUT2D eigenvalue weighted by Gasteiger charge is -2.09. The highest BCUT2D eigenvalue weighted by Crippen LogP contribution is 2.45. The van der Waals surface area contributed by atoms with E-state index in [1.54, 1.807) is 36.4 Å². The first-order valence-electron chi connectivity index (χ1n) is 7.52. The molecule has 1 amide bonds. The number of fused-ring (bicyclic) bond motifs is 1. The number of benzene rings is 2. The van der Waals surface area contributed by atoms with Crippen LogP contribution in [0, 0.1) is 11.2 Å². The summed E-state index contributed by atoms with van der Waals surface area (Å²) >= 11 is 0. The van der Waals surface area contributed by atoms with Crippen LogP contribution in [0.3, 0.4) is 0 Å². The zero-order valence-electron chi connectivity index (χ0n) is 12.6. The van der Waals surface area contributed by atoms with Crippen molar-refractivity contribution in [1.82, 2.24) is 4.98 Å². The van der Waals surface area contributed by atoms with Crippen molar-refractivity contribution in [3.8, 4) is 11.5 Å². The molecule has 1 heterocycles. The number of rotatable bonds is 3. The van der Waals surface area contributed by atoms with Crippen LogP contribution in [0.4, 0.5) is 10.1 Å². The third-order valence-electron chi connectivity index (χ3n) is 4.30. The molecule has 0 bridgehead atoms. The van der Waals surface area contributed by atoms with Gasteiger partial charge in [-0.2, -0.15) is 0 Å². The van der Waals surface area contributed by atoms with Gasteiger partial charge in [0.15, 0.2) is 11.4 Å². The quantitative estimate of drug-likeness (QED) is 0.781. The van der Waals surface area contributed by atoms with Crippen LogP contribution in [0.5, 0.6) is 0 Å². The molecule has 4 nitrogen and oxygen atoms in total. The number of hydrogen-bond acceptors (Lipinski definition) is 3. The third-order valence-corrected chi connectivity index (χ3v) is 4.30. The Bertz CT molecular complexity index is 895. The number of carbonyl (C=O) groups excluding carboxylic acids is 1. The first kappa shape index (κ1) is 13.9. The molecule has 0 saturated heterocycles. The molecule has 1 aliphatic rings. The Kier molecular flexibility index (Phi) is 2.98. The molecule has 1 aromatic heterocycles. The molecule has 1 N–H and O–H groups in total. The summed E-state index contributed by atoms with van der Waals surface area (Å²) in [4.78, 5) is 16.3. The number of para-hydroxylation sites is 1. The van der Waals surface area contributed by atoms with Crippen LogP contribution in [0.25, 0.3) is 22.6 Å². The standard InChI is InChI=1S/C18H15FN2O2/c1-18(9-10-18)17(22)20-12-7-5-11(6-8-12)16-21-14-4-2-3-13(19)15(14)23-16/h2-8H,9-10H2,1H3,(H,20,22). The summed E-state index contributed by atoms with van der Waals surface area (Å²) in [6, 6.07) is 11.8. The Labute approximate surface area is 132 Å². The van der Waals surface area contributed by atoms with Gasteiger partial charge in [0.05, 0.1) is 0 Å². The average Bonchev–Trinajstić information content (AvgIpc) is 3.14.